The van der Waals surface area contributed by atoms with Gasteiger partial charge in [-0.3, -0.25) is 9.36 Å². The molecular formula is C22H23FN4OS. The average Bonchev–Trinajstić information content (AvgIpc) is 3.48. The Kier molecular flexibility index (Phi) is 5.67. The van der Waals surface area contributed by atoms with E-state index in [4.69, 9.17) is 0 Å². The number of aromatic nitrogens is 3. The van der Waals surface area contributed by atoms with Crippen molar-refractivity contribution in [3.8, 4) is 5.69 Å². The number of carbonyl (C=O) groups excluding carboxylic acids is 1. The summed E-state index contributed by atoms with van der Waals surface area (Å²) in [4.78, 5) is 14.5. The lowest BCUT2D eigenvalue weighted by molar-refractivity contribution is -0.129. The lowest BCUT2D eigenvalue weighted by atomic mass is 10.2. The Morgan fingerprint density at radius 3 is 2.66 bits per heavy atom. The Bertz CT molecular complexity index is 1000. The highest BCUT2D eigenvalue weighted by molar-refractivity contribution is 8.00. The number of hydrogen-bond donors (Lipinski definition) is 0. The molecule has 7 heteroatoms. The van der Waals surface area contributed by atoms with E-state index in [1.807, 2.05) is 43.3 Å². The Morgan fingerprint density at radius 1 is 1.21 bits per heavy atom. The van der Waals surface area contributed by atoms with Gasteiger partial charge < -0.3 is 4.90 Å². The molecule has 1 aliphatic carbocycles. The van der Waals surface area contributed by atoms with Crippen LogP contribution in [-0.4, -0.2) is 37.9 Å². The molecule has 4 rings (SSSR count). The second-order valence-corrected chi connectivity index (χ2v) is 8.68. The van der Waals surface area contributed by atoms with Gasteiger partial charge in [0.2, 0.25) is 5.91 Å². The first-order valence-corrected chi connectivity index (χ1v) is 10.6. The largest absolute Gasteiger partial charge is 0.340 e. The molecule has 0 spiro atoms. The molecule has 0 aliphatic heterocycles. The van der Waals surface area contributed by atoms with Crippen molar-refractivity contribution in [3.63, 3.8) is 0 Å². The van der Waals surface area contributed by atoms with E-state index in [2.05, 4.69) is 14.8 Å². The summed E-state index contributed by atoms with van der Waals surface area (Å²) in [5.41, 5.74) is 1.77. The van der Waals surface area contributed by atoms with E-state index in [9.17, 15) is 9.18 Å². The van der Waals surface area contributed by atoms with Crippen LogP contribution in [0.5, 0.6) is 0 Å². The molecule has 1 atom stereocenters. The van der Waals surface area contributed by atoms with Crippen LogP contribution in [0.15, 0.2) is 59.8 Å². The minimum atomic E-state index is -0.340. The van der Waals surface area contributed by atoms with E-state index in [1.165, 1.54) is 23.9 Å². The molecule has 1 aliphatic rings. The van der Waals surface area contributed by atoms with Crippen molar-refractivity contribution in [2.24, 2.45) is 0 Å². The molecule has 1 heterocycles. The van der Waals surface area contributed by atoms with E-state index >= 15 is 0 Å². The van der Waals surface area contributed by atoms with Gasteiger partial charge in [0.1, 0.15) is 11.6 Å². The normalized spacial score (nSPS) is 14.6. The molecule has 5 nitrogen and oxygen atoms in total. The predicted molar refractivity (Wildman–Crippen MR) is 112 cm³/mol. The van der Waals surface area contributed by atoms with Crippen LogP contribution in [0, 0.1) is 5.82 Å². The molecule has 1 fully saturated rings. The maximum absolute atomic E-state index is 13.4. The highest BCUT2D eigenvalue weighted by Crippen LogP contribution is 2.41. The maximum atomic E-state index is 13.4. The average molecular weight is 411 g/mol. The Morgan fingerprint density at radius 2 is 1.97 bits per heavy atom. The number of thioether (sulfide) groups is 1. The Balaban J connectivity index is 1.51. The van der Waals surface area contributed by atoms with Crippen molar-refractivity contribution in [2.75, 3.05) is 7.05 Å². The van der Waals surface area contributed by atoms with Gasteiger partial charge in [-0.25, -0.2) is 4.39 Å². The summed E-state index contributed by atoms with van der Waals surface area (Å²) < 4.78 is 15.5. The van der Waals surface area contributed by atoms with Crippen LogP contribution in [0.3, 0.4) is 0 Å². The van der Waals surface area contributed by atoms with Crippen LogP contribution in [0.4, 0.5) is 4.39 Å². The zero-order valence-electron chi connectivity index (χ0n) is 16.5. The third-order valence-electron chi connectivity index (χ3n) is 4.93. The topological polar surface area (TPSA) is 51.0 Å². The Labute approximate surface area is 173 Å². The second kappa shape index (κ2) is 8.37. The van der Waals surface area contributed by atoms with E-state index in [0.29, 0.717) is 12.5 Å². The molecule has 2 aromatic carbocycles. The number of carbonyl (C=O) groups is 1. The van der Waals surface area contributed by atoms with Gasteiger partial charge in [0.25, 0.3) is 0 Å². The zero-order valence-corrected chi connectivity index (χ0v) is 17.3. The molecule has 0 N–H and O–H groups in total. The first kappa shape index (κ1) is 19.6. The molecule has 1 unspecified atom stereocenters. The lowest BCUT2D eigenvalue weighted by Crippen LogP contribution is -2.33. The van der Waals surface area contributed by atoms with Gasteiger partial charge in [-0.15, -0.1) is 10.2 Å². The molecule has 1 saturated carbocycles. The van der Waals surface area contributed by atoms with Gasteiger partial charge in [-0.05, 0) is 49.6 Å². The third kappa shape index (κ3) is 4.50. The van der Waals surface area contributed by atoms with Crippen molar-refractivity contribution >= 4 is 17.7 Å². The number of hydrogen-bond acceptors (Lipinski definition) is 4. The van der Waals surface area contributed by atoms with E-state index < -0.39 is 0 Å². The smallest absolute Gasteiger partial charge is 0.235 e. The summed E-state index contributed by atoms with van der Waals surface area (Å²) in [6.07, 6.45) is 2.25. The van der Waals surface area contributed by atoms with Crippen molar-refractivity contribution in [1.29, 1.82) is 0 Å². The molecule has 1 amide bonds. The van der Waals surface area contributed by atoms with Gasteiger partial charge in [0, 0.05) is 25.2 Å². The second-order valence-electron chi connectivity index (χ2n) is 7.37. The predicted octanol–water partition coefficient (Wildman–Crippen LogP) is 4.42. The number of halogens is 1. The fourth-order valence-electron chi connectivity index (χ4n) is 3.29. The Hall–Kier alpha value is -2.67. The van der Waals surface area contributed by atoms with Crippen LogP contribution in [0.2, 0.25) is 0 Å². The van der Waals surface area contributed by atoms with Crippen molar-refractivity contribution in [3.05, 3.63) is 71.8 Å². The first-order valence-electron chi connectivity index (χ1n) is 9.69. The number of nitrogens with zero attached hydrogens (tertiary/aromatic N) is 4. The van der Waals surface area contributed by atoms with Crippen molar-refractivity contribution in [2.45, 2.75) is 42.6 Å². The number of rotatable bonds is 7. The molecular weight excluding hydrogens is 387 g/mol. The van der Waals surface area contributed by atoms with E-state index in [-0.39, 0.29) is 17.0 Å². The molecule has 1 aromatic heterocycles. The summed E-state index contributed by atoms with van der Waals surface area (Å²) in [5, 5.41) is 9.18. The van der Waals surface area contributed by atoms with Gasteiger partial charge >= 0.3 is 0 Å². The van der Waals surface area contributed by atoms with Crippen molar-refractivity contribution < 1.29 is 9.18 Å². The SMILES string of the molecule is CC(Sc1nnc(C2CC2)n1-c1ccccc1)C(=O)N(C)Cc1cccc(F)c1. The molecule has 0 radical (unpaired) electrons. The summed E-state index contributed by atoms with van der Waals surface area (Å²) in [5.74, 6) is 1.08. The summed E-state index contributed by atoms with van der Waals surface area (Å²) in [6.45, 7) is 2.23. The van der Waals surface area contributed by atoms with E-state index in [1.54, 1.807) is 18.0 Å². The fraction of sp³-hybridized carbons (Fsp3) is 0.318. The minimum absolute atomic E-state index is 0.0326. The third-order valence-corrected chi connectivity index (χ3v) is 5.96. The summed E-state index contributed by atoms with van der Waals surface area (Å²) in [7, 11) is 1.74. The highest BCUT2D eigenvalue weighted by atomic mass is 32.2. The summed E-state index contributed by atoms with van der Waals surface area (Å²) in [6, 6.07) is 16.3. The number of para-hydroxylation sites is 1. The van der Waals surface area contributed by atoms with Crippen LogP contribution in [0.1, 0.15) is 37.1 Å². The van der Waals surface area contributed by atoms with Gasteiger partial charge in [-0.1, -0.05) is 42.1 Å². The zero-order chi connectivity index (χ0) is 20.4. The van der Waals surface area contributed by atoms with E-state index in [0.717, 1.165) is 35.1 Å². The summed E-state index contributed by atoms with van der Waals surface area (Å²) >= 11 is 1.41. The molecule has 0 bridgehead atoms. The van der Waals surface area contributed by atoms with Crippen LogP contribution in [-0.2, 0) is 11.3 Å². The maximum Gasteiger partial charge on any atom is 0.235 e. The molecule has 3 aromatic rings. The molecule has 0 saturated heterocycles. The van der Waals surface area contributed by atoms with Gasteiger partial charge in [0.15, 0.2) is 5.16 Å². The quantitative estimate of drug-likeness (QED) is 0.541. The van der Waals surface area contributed by atoms with Gasteiger partial charge in [0.05, 0.1) is 5.25 Å². The van der Waals surface area contributed by atoms with Crippen LogP contribution < -0.4 is 0 Å². The monoisotopic (exact) mass is 410 g/mol. The van der Waals surface area contributed by atoms with Crippen LogP contribution >= 0.6 is 11.8 Å². The first-order chi connectivity index (χ1) is 14.0. The van der Waals surface area contributed by atoms with Gasteiger partial charge in [-0.2, -0.15) is 0 Å². The number of benzene rings is 2. The molecule has 150 valence electrons. The number of amides is 1. The lowest BCUT2D eigenvalue weighted by Gasteiger charge is -2.21. The standard InChI is InChI=1S/C22H23FN4OS/c1-15(21(28)26(2)14-16-7-6-8-18(23)13-16)29-22-25-24-20(17-11-12-17)27(22)19-9-4-3-5-10-19/h3-10,13,15,17H,11-12,14H2,1-2H3. The molecule has 29 heavy (non-hydrogen) atoms. The minimum Gasteiger partial charge on any atom is -0.340 e. The van der Waals surface area contributed by atoms with Crippen LogP contribution in [0.25, 0.3) is 5.69 Å². The highest BCUT2D eigenvalue weighted by Gasteiger charge is 2.32. The van der Waals surface area contributed by atoms with Crippen molar-refractivity contribution in [1.82, 2.24) is 19.7 Å². The fourth-order valence-corrected chi connectivity index (χ4v) is 4.28.